The van der Waals surface area contributed by atoms with Crippen molar-refractivity contribution in [2.45, 2.75) is 25.8 Å². The third-order valence-electron chi connectivity index (χ3n) is 3.86. The van der Waals surface area contributed by atoms with Crippen LogP contribution in [0.3, 0.4) is 0 Å². The van der Waals surface area contributed by atoms with Crippen LogP contribution in [-0.2, 0) is 4.74 Å². The lowest BCUT2D eigenvalue weighted by Crippen LogP contribution is -2.35. The number of hydrogen-bond acceptors (Lipinski definition) is 4. The molecule has 112 valence electrons. The van der Waals surface area contributed by atoms with E-state index in [-0.39, 0.29) is 5.91 Å². The maximum atomic E-state index is 12.8. The largest absolute Gasteiger partial charge is 0.397 e. The average molecular weight is 304 g/mol. The van der Waals surface area contributed by atoms with E-state index in [4.69, 9.17) is 10.5 Å². The lowest BCUT2D eigenvalue weighted by atomic mass is 10.1. The number of ether oxygens (including phenoxy) is 1. The maximum Gasteiger partial charge on any atom is 0.266 e. The van der Waals surface area contributed by atoms with E-state index in [2.05, 4.69) is 12.1 Å². The molecule has 1 aliphatic carbocycles. The van der Waals surface area contributed by atoms with Gasteiger partial charge < -0.3 is 15.4 Å². The van der Waals surface area contributed by atoms with Gasteiger partial charge in [-0.3, -0.25) is 4.79 Å². The van der Waals surface area contributed by atoms with E-state index in [1.807, 2.05) is 17.9 Å². The summed E-state index contributed by atoms with van der Waals surface area (Å²) in [5.41, 5.74) is 8.00. The zero-order valence-corrected chi connectivity index (χ0v) is 13.2. The number of nitrogen functional groups attached to an aromatic ring is 1. The van der Waals surface area contributed by atoms with Crippen LogP contribution in [0.25, 0.3) is 10.1 Å². The van der Waals surface area contributed by atoms with E-state index < -0.39 is 0 Å². The van der Waals surface area contributed by atoms with Gasteiger partial charge in [0.2, 0.25) is 0 Å². The molecule has 1 aliphatic rings. The van der Waals surface area contributed by atoms with E-state index in [0.29, 0.717) is 29.8 Å². The zero-order valence-electron chi connectivity index (χ0n) is 12.4. The Morgan fingerprint density at radius 3 is 2.90 bits per heavy atom. The lowest BCUT2D eigenvalue weighted by Gasteiger charge is -2.21. The van der Waals surface area contributed by atoms with Crippen LogP contribution in [0, 0.1) is 6.92 Å². The molecule has 3 rings (SSSR count). The van der Waals surface area contributed by atoms with Crippen LogP contribution in [0.1, 0.15) is 28.1 Å². The van der Waals surface area contributed by atoms with Crippen molar-refractivity contribution in [1.82, 2.24) is 4.90 Å². The summed E-state index contributed by atoms with van der Waals surface area (Å²) < 4.78 is 6.19. The number of fused-ring (bicyclic) bond motifs is 1. The first-order valence-electron chi connectivity index (χ1n) is 7.20. The van der Waals surface area contributed by atoms with Crippen LogP contribution in [-0.4, -0.2) is 37.1 Å². The summed E-state index contributed by atoms with van der Waals surface area (Å²) in [5.74, 6) is 0.0471. The van der Waals surface area contributed by atoms with Crippen LogP contribution in [0.4, 0.5) is 5.69 Å². The second-order valence-electron chi connectivity index (χ2n) is 5.57. The minimum absolute atomic E-state index is 0.0471. The molecule has 0 bridgehead atoms. The molecule has 0 saturated heterocycles. The van der Waals surface area contributed by atoms with Crippen molar-refractivity contribution >= 4 is 33.0 Å². The van der Waals surface area contributed by atoms with E-state index >= 15 is 0 Å². The first-order valence-corrected chi connectivity index (χ1v) is 8.02. The van der Waals surface area contributed by atoms with Crippen LogP contribution < -0.4 is 5.73 Å². The van der Waals surface area contributed by atoms with Gasteiger partial charge in [0.1, 0.15) is 4.88 Å². The number of rotatable bonds is 5. The molecule has 4 nitrogen and oxygen atoms in total. The minimum Gasteiger partial charge on any atom is -0.397 e. The SMILES string of the molecule is COCCN(C(=O)c1sc2ccc(C)cc2c1N)C1CC1. The summed E-state index contributed by atoms with van der Waals surface area (Å²) in [6.07, 6.45) is 2.17. The molecule has 2 N–H and O–H groups in total. The van der Waals surface area contributed by atoms with Crippen LogP contribution in [0.5, 0.6) is 0 Å². The summed E-state index contributed by atoms with van der Waals surface area (Å²) in [6, 6.07) is 6.50. The van der Waals surface area contributed by atoms with Crippen molar-refractivity contribution in [2.75, 3.05) is 26.0 Å². The molecule has 1 aromatic carbocycles. The van der Waals surface area contributed by atoms with Crippen molar-refractivity contribution in [2.24, 2.45) is 0 Å². The minimum atomic E-state index is 0.0471. The van der Waals surface area contributed by atoms with E-state index in [1.165, 1.54) is 11.3 Å². The Morgan fingerprint density at radius 1 is 1.48 bits per heavy atom. The summed E-state index contributed by atoms with van der Waals surface area (Å²) in [4.78, 5) is 15.4. The Hall–Kier alpha value is -1.59. The molecule has 1 fully saturated rings. The van der Waals surface area contributed by atoms with Crippen LogP contribution in [0.15, 0.2) is 18.2 Å². The van der Waals surface area contributed by atoms with Crippen molar-refractivity contribution in [3.8, 4) is 0 Å². The number of amides is 1. The first-order chi connectivity index (χ1) is 10.1. The number of anilines is 1. The lowest BCUT2D eigenvalue weighted by molar-refractivity contribution is 0.0686. The fourth-order valence-electron chi connectivity index (χ4n) is 2.55. The number of benzene rings is 1. The smallest absolute Gasteiger partial charge is 0.266 e. The number of methoxy groups -OCH3 is 1. The number of nitrogens with zero attached hydrogens (tertiary/aromatic N) is 1. The number of thiophene rings is 1. The first kappa shape index (κ1) is 14.4. The van der Waals surface area contributed by atoms with Gasteiger partial charge in [-0.15, -0.1) is 11.3 Å². The molecule has 0 spiro atoms. The summed E-state index contributed by atoms with van der Waals surface area (Å²) in [6.45, 7) is 3.23. The number of hydrogen-bond donors (Lipinski definition) is 1. The normalized spacial score (nSPS) is 14.6. The quantitative estimate of drug-likeness (QED) is 0.923. The van der Waals surface area contributed by atoms with Crippen LogP contribution >= 0.6 is 11.3 Å². The second kappa shape index (κ2) is 5.66. The summed E-state index contributed by atoms with van der Waals surface area (Å²) >= 11 is 1.49. The van der Waals surface area contributed by atoms with Crippen molar-refractivity contribution in [1.29, 1.82) is 0 Å². The molecule has 1 heterocycles. The Balaban J connectivity index is 1.94. The number of carbonyl (C=O) groups is 1. The molecule has 1 amide bonds. The molecule has 0 aliphatic heterocycles. The van der Waals surface area contributed by atoms with Gasteiger partial charge in [0.15, 0.2) is 0 Å². The average Bonchev–Trinajstić information content (AvgIpc) is 3.25. The van der Waals surface area contributed by atoms with E-state index in [0.717, 1.165) is 28.5 Å². The maximum absolute atomic E-state index is 12.8. The molecule has 1 saturated carbocycles. The summed E-state index contributed by atoms with van der Waals surface area (Å²) in [7, 11) is 1.66. The van der Waals surface area contributed by atoms with E-state index in [9.17, 15) is 4.79 Å². The van der Waals surface area contributed by atoms with Gasteiger partial charge in [0.25, 0.3) is 5.91 Å². The standard InChI is InChI=1S/C16H20N2O2S/c1-10-3-6-13-12(9-10)14(17)15(21-13)16(19)18(7-8-20-2)11-4-5-11/h3,6,9,11H,4-5,7-8,17H2,1-2H3. The van der Waals surface area contributed by atoms with Crippen LogP contribution in [0.2, 0.25) is 0 Å². The fraction of sp³-hybridized carbons (Fsp3) is 0.438. The molecule has 0 radical (unpaired) electrons. The zero-order chi connectivity index (χ0) is 15.0. The second-order valence-corrected chi connectivity index (χ2v) is 6.62. The molecule has 5 heteroatoms. The monoisotopic (exact) mass is 304 g/mol. The van der Waals surface area contributed by atoms with Gasteiger partial charge >= 0.3 is 0 Å². The highest BCUT2D eigenvalue weighted by Gasteiger charge is 2.34. The van der Waals surface area contributed by atoms with E-state index in [1.54, 1.807) is 7.11 Å². The van der Waals surface area contributed by atoms with Crippen molar-refractivity contribution in [3.63, 3.8) is 0 Å². The fourth-order valence-corrected chi connectivity index (χ4v) is 3.60. The third kappa shape index (κ3) is 2.76. The highest BCUT2D eigenvalue weighted by Crippen LogP contribution is 2.37. The summed E-state index contributed by atoms with van der Waals surface area (Å²) in [5, 5.41) is 0.992. The predicted octanol–water partition coefficient (Wildman–Crippen LogP) is 3.04. The Kier molecular flexibility index (Phi) is 3.87. The number of carbonyl (C=O) groups excluding carboxylic acids is 1. The van der Waals surface area contributed by atoms with Gasteiger partial charge in [-0.25, -0.2) is 0 Å². The van der Waals surface area contributed by atoms with Gasteiger partial charge in [-0.1, -0.05) is 11.6 Å². The molecule has 0 atom stereocenters. The third-order valence-corrected chi connectivity index (χ3v) is 5.04. The van der Waals surface area contributed by atoms with Gasteiger partial charge in [-0.2, -0.15) is 0 Å². The highest BCUT2D eigenvalue weighted by atomic mass is 32.1. The highest BCUT2D eigenvalue weighted by molar-refractivity contribution is 7.21. The topological polar surface area (TPSA) is 55.6 Å². The van der Waals surface area contributed by atoms with Crippen molar-refractivity contribution < 1.29 is 9.53 Å². The molecule has 21 heavy (non-hydrogen) atoms. The number of aryl methyl sites for hydroxylation is 1. The Bertz CT molecular complexity index is 676. The molecule has 2 aromatic rings. The molecular formula is C16H20N2O2S. The van der Waals surface area contributed by atoms with Gasteiger partial charge in [0, 0.05) is 29.8 Å². The molecule has 1 aromatic heterocycles. The molecule has 0 unspecified atom stereocenters. The molecular weight excluding hydrogens is 284 g/mol. The van der Waals surface area contributed by atoms with Gasteiger partial charge in [0.05, 0.1) is 12.3 Å². The predicted molar refractivity (Wildman–Crippen MR) is 86.9 cm³/mol. The van der Waals surface area contributed by atoms with Gasteiger partial charge in [-0.05, 0) is 31.9 Å². The van der Waals surface area contributed by atoms with Crippen molar-refractivity contribution in [3.05, 3.63) is 28.6 Å². The number of nitrogens with two attached hydrogens (primary N) is 1. The Morgan fingerprint density at radius 2 is 2.24 bits per heavy atom. The Labute approximate surface area is 128 Å².